The van der Waals surface area contributed by atoms with Crippen molar-refractivity contribution in [2.24, 2.45) is 0 Å². The molecule has 1 amide bonds. The predicted molar refractivity (Wildman–Crippen MR) is 99.2 cm³/mol. The van der Waals surface area contributed by atoms with Crippen LogP contribution in [0.15, 0.2) is 59.5 Å². The molecule has 1 N–H and O–H groups in total. The lowest BCUT2D eigenvalue weighted by molar-refractivity contribution is -0.123. The van der Waals surface area contributed by atoms with Gasteiger partial charge in [-0.3, -0.25) is 19.0 Å². The topological polar surface area (TPSA) is 77.4 Å². The van der Waals surface area contributed by atoms with E-state index in [1.807, 2.05) is 13.8 Å². The fourth-order valence-corrected chi connectivity index (χ4v) is 2.48. The zero-order valence-corrected chi connectivity index (χ0v) is 15.1. The highest BCUT2D eigenvalue weighted by Gasteiger charge is 2.29. The normalized spacial score (nSPS) is 12.0. The second-order valence-electron chi connectivity index (χ2n) is 6.14. The summed E-state index contributed by atoms with van der Waals surface area (Å²) >= 11 is 0. The molecular weight excluding hydrogens is 332 g/mol. The summed E-state index contributed by atoms with van der Waals surface area (Å²) in [5, 5.41) is 2.73. The van der Waals surface area contributed by atoms with E-state index in [1.54, 1.807) is 42.5 Å². The number of nitrogens with zero attached hydrogens (tertiary/aromatic N) is 1. The molecule has 6 heteroatoms. The molecule has 0 aliphatic rings. The van der Waals surface area contributed by atoms with E-state index < -0.39 is 23.3 Å². The minimum atomic E-state index is -1.24. The van der Waals surface area contributed by atoms with Crippen LogP contribution in [-0.4, -0.2) is 35.5 Å². The van der Waals surface area contributed by atoms with Gasteiger partial charge in [-0.15, -0.1) is 0 Å². The molecule has 0 saturated heterocycles. The minimum absolute atomic E-state index is 0.126. The van der Waals surface area contributed by atoms with Crippen molar-refractivity contribution in [2.45, 2.75) is 32.4 Å². The molecule has 26 heavy (non-hydrogen) atoms. The Hall–Kier alpha value is -2.73. The molecule has 138 valence electrons. The van der Waals surface area contributed by atoms with Gasteiger partial charge in [0.05, 0.1) is 6.10 Å². The van der Waals surface area contributed by atoms with Gasteiger partial charge in [-0.2, -0.15) is 0 Å². The maximum atomic E-state index is 12.9. The standard InChI is InChI=1S/C20H24N2O4/c1-15(2)26-14-8-12-21-20(25)18(22-13-7-6-11-17(22)23)19(24)16-9-4-3-5-10-16/h3-7,9-11,13,15,18H,8,12,14H2,1-2H3,(H,21,25)/t18-/m0/s1. The van der Waals surface area contributed by atoms with Crippen LogP contribution in [0.25, 0.3) is 0 Å². The summed E-state index contributed by atoms with van der Waals surface area (Å²) in [6.07, 6.45) is 2.20. The van der Waals surface area contributed by atoms with Gasteiger partial charge in [0.25, 0.3) is 11.5 Å². The average Bonchev–Trinajstić information content (AvgIpc) is 2.63. The molecule has 0 spiro atoms. The van der Waals surface area contributed by atoms with Crippen LogP contribution in [0, 0.1) is 0 Å². The van der Waals surface area contributed by atoms with E-state index in [0.29, 0.717) is 25.1 Å². The number of carbonyl (C=O) groups is 2. The monoisotopic (exact) mass is 356 g/mol. The highest BCUT2D eigenvalue weighted by Crippen LogP contribution is 2.13. The van der Waals surface area contributed by atoms with Crippen LogP contribution in [0.2, 0.25) is 0 Å². The lowest BCUT2D eigenvalue weighted by atomic mass is 10.0. The lowest BCUT2D eigenvalue weighted by Gasteiger charge is -2.18. The summed E-state index contributed by atoms with van der Waals surface area (Å²) in [6.45, 7) is 4.76. The second kappa shape index (κ2) is 9.68. The van der Waals surface area contributed by atoms with Crippen molar-refractivity contribution in [3.63, 3.8) is 0 Å². The van der Waals surface area contributed by atoms with E-state index in [9.17, 15) is 14.4 Å². The predicted octanol–water partition coefficient (Wildman–Crippen LogP) is 2.20. The van der Waals surface area contributed by atoms with Crippen LogP contribution in [0.4, 0.5) is 0 Å². The van der Waals surface area contributed by atoms with Gasteiger partial charge in [-0.1, -0.05) is 36.4 Å². The molecule has 6 nitrogen and oxygen atoms in total. The zero-order valence-electron chi connectivity index (χ0n) is 15.1. The molecule has 0 unspecified atom stereocenters. The smallest absolute Gasteiger partial charge is 0.251 e. The Kier molecular flexibility index (Phi) is 7.29. The molecule has 2 rings (SSSR count). The first-order valence-electron chi connectivity index (χ1n) is 8.66. The first-order chi connectivity index (χ1) is 12.5. The van der Waals surface area contributed by atoms with Crippen molar-refractivity contribution in [2.75, 3.05) is 13.2 Å². The third-order valence-electron chi connectivity index (χ3n) is 3.76. The Morgan fingerprint density at radius 1 is 1.08 bits per heavy atom. The highest BCUT2D eigenvalue weighted by atomic mass is 16.5. The number of nitrogens with one attached hydrogen (secondary N) is 1. The number of carbonyl (C=O) groups excluding carboxylic acids is 2. The molecule has 0 bridgehead atoms. The van der Waals surface area contributed by atoms with Crippen molar-refractivity contribution in [1.82, 2.24) is 9.88 Å². The van der Waals surface area contributed by atoms with Crippen molar-refractivity contribution < 1.29 is 14.3 Å². The van der Waals surface area contributed by atoms with Crippen molar-refractivity contribution in [3.05, 3.63) is 70.6 Å². The van der Waals surface area contributed by atoms with E-state index in [0.717, 1.165) is 4.57 Å². The van der Waals surface area contributed by atoms with Gasteiger partial charge < -0.3 is 10.1 Å². The molecule has 0 fully saturated rings. The Balaban J connectivity index is 2.16. The Morgan fingerprint density at radius 3 is 2.42 bits per heavy atom. The van der Waals surface area contributed by atoms with E-state index in [2.05, 4.69) is 5.32 Å². The maximum Gasteiger partial charge on any atom is 0.251 e. The Morgan fingerprint density at radius 2 is 1.77 bits per heavy atom. The number of aromatic nitrogens is 1. The second-order valence-corrected chi connectivity index (χ2v) is 6.14. The van der Waals surface area contributed by atoms with Gasteiger partial charge in [0.1, 0.15) is 0 Å². The summed E-state index contributed by atoms with van der Waals surface area (Å²) in [7, 11) is 0. The lowest BCUT2D eigenvalue weighted by Crippen LogP contribution is -2.41. The number of Topliss-reactive ketones (excluding diaryl/α,β-unsaturated/α-hetero) is 1. The number of benzene rings is 1. The van der Waals surface area contributed by atoms with Crippen LogP contribution in [0.5, 0.6) is 0 Å². The first kappa shape index (κ1) is 19.6. The quantitative estimate of drug-likeness (QED) is 0.424. The van der Waals surface area contributed by atoms with Crippen molar-refractivity contribution in [3.8, 4) is 0 Å². The van der Waals surface area contributed by atoms with Gasteiger partial charge in [-0.05, 0) is 26.3 Å². The van der Waals surface area contributed by atoms with Gasteiger partial charge >= 0.3 is 0 Å². The molecule has 1 heterocycles. The number of amides is 1. The summed E-state index contributed by atoms with van der Waals surface area (Å²) in [5.41, 5.74) is -0.0217. The average molecular weight is 356 g/mol. The zero-order chi connectivity index (χ0) is 18.9. The summed E-state index contributed by atoms with van der Waals surface area (Å²) in [5.74, 6) is -0.925. The molecule has 0 aliphatic heterocycles. The van der Waals surface area contributed by atoms with Gasteiger partial charge in [0.15, 0.2) is 11.8 Å². The summed E-state index contributed by atoms with van der Waals surface area (Å²) in [4.78, 5) is 37.7. The number of rotatable bonds is 9. The summed E-state index contributed by atoms with van der Waals surface area (Å²) in [6, 6.07) is 11.8. The van der Waals surface area contributed by atoms with Gasteiger partial charge in [0.2, 0.25) is 0 Å². The van der Waals surface area contributed by atoms with E-state index in [-0.39, 0.29) is 6.10 Å². The van der Waals surface area contributed by atoms with E-state index >= 15 is 0 Å². The van der Waals surface area contributed by atoms with Gasteiger partial charge in [-0.25, -0.2) is 0 Å². The Bertz CT molecular complexity index is 784. The molecule has 1 aromatic heterocycles. The fraction of sp³-hybridized carbons (Fsp3) is 0.350. The van der Waals surface area contributed by atoms with E-state index in [4.69, 9.17) is 4.74 Å². The Labute approximate surface area is 152 Å². The molecule has 0 aliphatic carbocycles. The minimum Gasteiger partial charge on any atom is -0.379 e. The number of hydrogen-bond donors (Lipinski definition) is 1. The summed E-state index contributed by atoms with van der Waals surface area (Å²) < 4.78 is 6.59. The van der Waals surface area contributed by atoms with Crippen LogP contribution in [0.3, 0.4) is 0 Å². The van der Waals surface area contributed by atoms with Crippen LogP contribution in [0.1, 0.15) is 36.7 Å². The van der Waals surface area contributed by atoms with Crippen LogP contribution < -0.4 is 10.9 Å². The fourth-order valence-electron chi connectivity index (χ4n) is 2.48. The number of hydrogen-bond acceptors (Lipinski definition) is 4. The molecule has 1 aromatic carbocycles. The molecule has 2 aromatic rings. The third-order valence-corrected chi connectivity index (χ3v) is 3.76. The first-order valence-corrected chi connectivity index (χ1v) is 8.66. The number of pyridine rings is 1. The third kappa shape index (κ3) is 5.39. The van der Waals surface area contributed by atoms with Crippen molar-refractivity contribution in [1.29, 1.82) is 0 Å². The van der Waals surface area contributed by atoms with Crippen molar-refractivity contribution >= 4 is 11.7 Å². The van der Waals surface area contributed by atoms with Gasteiger partial charge in [0, 0.05) is 31.0 Å². The largest absolute Gasteiger partial charge is 0.379 e. The SMILES string of the molecule is CC(C)OCCCNC(=O)[C@H](C(=O)c1ccccc1)n1ccccc1=O. The molecule has 1 atom stereocenters. The number of ether oxygens (including phenoxy) is 1. The molecule has 0 radical (unpaired) electrons. The van der Waals surface area contributed by atoms with Crippen LogP contribution in [-0.2, 0) is 9.53 Å². The number of ketones is 1. The van der Waals surface area contributed by atoms with Crippen LogP contribution >= 0.6 is 0 Å². The molecule has 0 saturated carbocycles. The molecular formula is C20H24N2O4. The van der Waals surface area contributed by atoms with E-state index in [1.165, 1.54) is 12.3 Å². The highest BCUT2D eigenvalue weighted by molar-refractivity contribution is 6.11. The maximum absolute atomic E-state index is 12.9.